The van der Waals surface area contributed by atoms with E-state index in [0.717, 1.165) is 0 Å². The van der Waals surface area contributed by atoms with Crippen LogP contribution in [0.1, 0.15) is 47.9 Å². The Hall–Kier alpha value is -1.40. The second-order valence-corrected chi connectivity index (χ2v) is 22.7. The van der Waals surface area contributed by atoms with Crippen LogP contribution in [0.25, 0.3) is 0 Å². The van der Waals surface area contributed by atoms with Crippen LogP contribution in [0.15, 0.2) is 121 Å². The van der Waals surface area contributed by atoms with Crippen LogP contribution in [-0.4, -0.2) is 49.3 Å². The van der Waals surface area contributed by atoms with E-state index < -0.39 is 0 Å². The Morgan fingerprint density at radius 3 is 0.636 bits per heavy atom. The fourth-order valence-corrected chi connectivity index (χ4v) is 17.4. The Morgan fingerprint density at radius 1 is 0.273 bits per heavy atom. The van der Waals surface area contributed by atoms with Crippen molar-refractivity contribution < 1.29 is 0 Å². The molecule has 0 unspecified atom stereocenters. The van der Waals surface area contributed by atoms with Gasteiger partial charge in [0.05, 0.1) is 0 Å². The summed E-state index contributed by atoms with van der Waals surface area (Å²) in [5, 5.41) is 0. The van der Waals surface area contributed by atoms with Gasteiger partial charge in [-0.3, -0.25) is 0 Å². The smallest absolute Gasteiger partial charge is 0.00731 e. The molecule has 0 nitrogen and oxygen atoms in total. The van der Waals surface area contributed by atoms with Crippen LogP contribution in [0.5, 0.6) is 0 Å². The van der Waals surface area contributed by atoms with Crippen LogP contribution in [0, 0.1) is 0 Å². The Kier molecular flexibility index (Phi) is 15.4. The maximum Gasteiger partial charge on any atom is -0.00731 e. The zero-order chi connectivity index (χ0) is 30.1. The minimum absolute atomic E-state index is 0.0633. The lowest BCUT2D eigenvalue weighted by Crippen LogP contribution is -2.05. The van der Waals surface area contributed by atoms with Gasteiger partial charge >= 0.3 is 0 Å². The third-order valence-electron chi connectivity index (χ3n) is 8.79. The molecule has 0 aliphatic carbocycles. The largest absolute Gasteiger partial charge is 0.102 e. The van der Waals surface area contributed by atoms with E-state index in [0.29, 0.717) is 0 Å². The molecule has 1 fully saturated rings. The van der Waals surface area contributed by atoms with E-state index in [2.05, 4.69) is 121 Å². The molecule has 4 heteroatoms. The first-order valence-corrected chi connectivity index (χ1v) is 24.4. The van der Waals surface area contributed by atoms with E-state index >= 15 is 0 Å². The molecule has 232 valence electrons. The van der Waals surface area contributed by atoms with Gasteiger partial charge in [-0.1, -0.05) is 121 Å². The van der Waals surface area contributed by atoms with E-state index in [9.17, 15) is 0 Å². The first kappa shape index (κ1) is 33.9. The van der Waals surface area contributed by atoms with Crippen LogP contribution in [0.4, 0.5) is 0 Å². The van der Waals surface area contributed by atoms with Gasteiger partial charge in [-0.2, -0.15) is 0 Å². The van der Waals surface area contributed by atoms with Crippen molar-refractivity contribution in [1.82, 2.24) is 0 Å². The summed E-state index contributed by atoms with van der Waals surface area (Å²) in [6.07, 6.45) is 22.8. The molecule has 0 N–H and O–H groups in total. The highest BCUT2D eigenvalue weighted by Gasteiger charge is 2.18. The lowest BCUT2D eigenvalue weighted by atomic mass is 10.2. The van der Waals surface area contributed by atoms with Crippen molar-refractivity contribution >= 4 is 31.7 Å². The lowest BCUT2D eigenvalue weighted by Gasteiger charge is -2.26. The Balaban J connectivity index is 1.28. The molecule has 5 rings (SSSR count). The van der Waals surface area contributed by atoms with Gasteiger partial charge in [0.25, 0.3) is 0 Å². The van der Waals surface area contributed by atoms with Gasteiger partial charge in [0.15, 0.2) is 0 Å². The van der Waals surface area contributed by atoms with Crippen LogP contribution >= 0.6 is 31.7 Å². The highest BCUT2D eigenvalue weighted by molar-refractivity contribution is 7.59. The van der Waals surface area contributed by atoms with E-state index in [1.54, 1.807) is 22.3 Å². The minimum atomic E-state index is 0.0633. The number of hydrogen-bond donors (Lipinski definition) is 0. The first-order chi connectivity index (χ1) is 21.8. The molecule has 0 saturated carbocycles. The first-order valence-electron chi connectivity index (χ1n) is 16.9. The molecule has 4 aromatic carbocycles. The van der Waals surface area contributed by atoms with E-state index in [1.165, 1.54) is 99.6 Å². The summed E-state index contributed by atoms with van der Waals surface area (Å²) in [5.41, 5.74) is 6.27. The Morgan fingerprint density at radius 2 is 0.455 bits per heavy atom. The summed E-state index contributed by atoms with van der Waals surface area (Å²) in [7, 11) is 0.253. The fraction of sp³-hybridized carbons (Fsp3) is 0.400. The third-order valence-corrected chi connectivity index (χ3v) is 19.6. The lowest BCUT2D eigenvalue weighted by molar-refractivity contribution is 1.01. The van der Waals surface area contributed by atoms with Crippen molar-refractivity contribution in [1.29, 1.82) is 0 Å². The highest BCUT2D eigenvalue weighted by Crippen LogP contribution is 2.50. The van der Waals surface area contributed by atoms with Crippen molar-refractivity contribution in [3.63, 3.8) is 0 Å². The second kappa shape index (κ2) is 20.0. The molecule has 1 aliphatic rings. The van der Waals surface area contributed by atoms with E-state index in [-0.39, 0.29) is 31.7 Å². The van der Waals surface area contributed by atoms with Gasteiger partial charge < -0.3 is 0 Å². The summed E-state index contributed by atoms with van der Waals surface area (Å²) >= 11 is 0. The minimum Gasteiger partial charge on any atom is -0.102 e. The summed E-state index contributed by atoms with van der Waals surface area (Å²) < 4.78 is 0. The van der Waals surface area contributed by atoms with Gasteiger partial charge in [-0.05, 0) is 122 Å². The molecule has 0 aromatic heterocycles. The summed E-state index contributed by atoms with van der Waals surface area (Å²) in [6, 6.07) is 45.6. The quantitative estimate of drug-likeness (QED) is 0.166. The average Bonchev–Trinajstić information content (AvgIpc) is 3.06. The fourth-order valence-electron chi connectivity index (χ4n) is 6.52. The van der Waals surface area contributed by atoms with E-state index in [4.69, 9.17) is 0 Å². The van der Waals surface area contributed by atoms with Crippen LogP contribution in [0.3, 0.4) is 0 Å². The van der Waals surface area contributed by atoms with Crippen molar-refractivity contribution in [2.45, 2.75) is 50.3 Å². The van der Waals surface area contributed by atoms with Gasteiger partial charge in [0, 0.05) is 0 Å². The predicted molar refractivity (Wildman–Crippen MR) is 206 cm³/mol. The molecule has 0 radical (unpaired) electrons. The molecule has 1 heterocycles. The molecule has 0 atom stereocenters. The summed E-state index contributed by atoms with van der Waals surface area (Å²) in [5.74, 6) is 0. The third kappa shape index (κ3) is 12.8. The Bertz CT molecular complexity index is 1060. The summed E-state index contributed by atoms with van der Waals surface area (Å²) in [6.45, 7) is 0. The van der Waals surface area contributed by atoms with E-state index in [1.807, 2.05) is 0 Å². The van der Waals surface area contributed by atoms with Crippen LogP contribution in [0.2, 0.25) is 0 Å². The van der Waals surface area contributed by atoms with Crippen molar-refractivity contribution in [3.8, 4) is 0 Å². The Labute approximate surface area is 273 Å². The SMILES string of the molecule is c1ccc(CP2CCCP(Cc3ccccc3)CCCP(Cc3ccccc3)CCCP(Cc3ccccc3)CCC2)cc1. The second-order valence-electron chi connectivity index (χ2n) is 12.5. The standard InChI is InChI=1S/C40H52P4/c1-5-17-37(18-6-1)33-41-25-13-27-42(34-38-19-7-2-8-20-38)29-15-31-44(36-40-23-11-4-12-24-40)32-16-30-43(28-14-26-41)35-39-21-9-3-10-22-39/h1-12,17-24H,13-16,25-36H2. The normalized spacial score (nSPS) is 22.7. The monoisotopic (exact) mass is 656 g/mol. The molecule has 44 heavy (non-hydrogen) atoms. The number of benzene rings is 4. The van der Waals surface area contributed by atoms with Crippen molar-refractivity contribution in [2.75, 3.05) is 49.3 Å². The van der Waals surface area contributed by atoms with Gasteiger partial charge in [-0.25, -0.2) is 0 Å². The maximum atomic E-state index is 2.37. The average molecular weight is 657 g/mol. The molecule has 1 saturated heterocycles. The zero-order valence-corrected chi connectivity index (χ0v) is 30.2. The van der Waals surface area contributed by atoms with Gasteiger partial charge in [0.1, 0.15) is 0 Å². The van der Waals surface area contributed by atoms with Crippen molar-refractivity contribution in [2.24, 2.45) is 0 Å². The maximum absolute atomic E-state index is 2.37. The molecule has 0 amide bonds. The summed E-state index contributed by atoms with van der Waals surface area (Å²) in [4.78, 5) is 0. The molecule has 1 aliphatic heterocycles. The number of hydrogen-bond acceptors (Lipinski definition) is 0. The molecular formula is C40H52P4. The topological polar surface area (TPSA) is 0 Å². The van der Waals surface area contributed by atoms with Crippen LogP contribution in [-0.2, 0) is 24.6 Å². The number of rotatable bonds is 8. The molecular weight excluding hydrogens is 604 g/mol. The predicted octanol–water partition coefficient (Wildman–Crippen LogP) is 12.3. The van der Waals surface area contributed by atoms with Gasteiger partial charge in [-0.15, -0.1) is 31.7 Å². The zero-order valence-electron chi connectivity index (χ0n) is 26.6. The molecule has 0 spiro atoms. The van der Waals surface area contributed by atoms with Crippen LogP contribution < -0.4 is 0 Å². The molecule has 0 bridgehead atoms. The highest BCUT2D eigenvalue weighted by atomic mass is 31.1. The molecule has 4 aromatic rings. The van der Waals surface area contributed by atoms with Crippen molar-refractivity contribution in [3.05, 3.63) is 144 Å². The van der Waals surface area contributed by atoms with Gasteiger partial charge in [0.2, 0.25) is 0 Å².